The van der Waals surface area contributed by atoms with Crippen molar-refractivity contribution in [2.24, 2.45) is 0 Å². The molecular formula is C17H28N3O2+. The van der Waals surface area contributed by atoms with Crippen LogP contribution in [0.25, 0.3) is 0 Å². The van der Waals surface area contributed by atoms with Gasteiger partial charge in [0.15, 0.2) is 6.54 Å². The van der Waals surface area contributed by atoms with Gasteiger partial charge in [-0.2, -0.15) is 0 Å². The molecule has 1 aliphatic heterocycles. The smallest absolute Gasteiger partial charge is 0.275 e. The molecule has 1 aromatic rings. The first-order valence-corrected chi connectivity index (χ1v) is 8.29. The molecule has 0 atom stereocenters. The number of piperazine rings is 1. The first-order valence-electron chi connectivity index (χ1n) is 8.29. The molecule has 1 heterocycles. The maximum absolute atomic E-state index is 12.1. The molecule has 0 saturated carbocycles. The van der Waals surface area contributed by atoms with Gasteiger partial charge in [-0.05, 0) is 37.1 Å². The van der Waals surface area contributed by atoms with Gasteiger partial charge in [-0.15, -0.1) is 0 Å². The van der Waals surface area contributed by atoms with Gasteiger partial charge in [0.1, 0.15) is 5.75 Å². The van der Waals surface area contributed by atoms with E-state index in [4.69, 9.17) is 0 Å². The number of phenols is 1. The minimum atomic E-state index is 0.168. The molecule has 0 aromatic heterocycles. The standard InChI is InChI=1S/C17H27N3O2/c1-3-14(4-2)18-17(22)13-19-9-11-20(12-10-19)15-5-7-16(21)8-6-15/h5-8,14,21H,3-4,9-13H2,1-2H3,(H,18,22)/p+1. The third kappa shape index (κ3) is 4.63. The minimum absolute atomic E-state index is 0.168. The largest absolute Gasteiger partial charge is 0.508 e. The third-order valence-corrected chi connectivity index (χ3v) is 4.45. The Morgan fingerprint density at radius 2 is 1.82 bits per heavy atom. The molecule has 1 saturated heterocycles. The van der Waals surface area contributed by atoms with Crippen LogP contribution < -0.4 is 15.1 Å². The fraction of sp³-hybridized carbons (Fsp3) is 0.588. The first-order chi connectivity index (χ1) is 10.6. The lowest BCUT2D eigenvalue weighted by molar-refractivity contribution is -0.892. The zero-order valence-corrected chi connectivity index (χ0v) is 13.6. The highest BCUT2D eigenvalue weighted by molar-refractivity contribution is 5.77. The van der Waals surface area contributed by atoms with Crippen LogP contribution in [0.3, 0.4) is 0 Å². The zero-order chi connectivity index (χ0) is 15.9. The number of carbonyl (C=O) groups is 1. The second kappa shape index (κ2) is 8.03. The van der Waals surface area contributed by atoms with Crippen LogP contribution in [-0.4, -0.2) is 49.8 Å². The van der Waals surface area contributed by atoms with Gasteiger partial charge in [-0.3, -0.25) is 4.79 Å². The second-order valence-corrected chi connectivity index (χ2v) is 6.01. The summed E-state index contributed by atoms with van der Waals surface area (Å²) in [4.78, 5) is 15.7. The molecule has 22 heavy (non-hydrogen) atoms. The molecule has 5 nitrogen and oxygen atoms in total. The highest BCUT2D eigenvalue weighted by atomic mass is 16.3. The van der Waals surface area contributed by atoms with Crippen LogP contribution in [0.2, 0.25) is 0 Å². The van der Waals surface area contributed by atoms with E-state index in [1.165, 1.54) is 4.90 Å². The van der Waals surface area contributed by atoms with E-state index in [-0.39, 0.29) is 5.91 Å². The van der Waals surface area contributed by atoms with E-state index in [2.05, 4.69) is 24.1 Å². The van der Waals surface area contributed by atoms with Crippen molar-refractivity contribution in [3.8, 4) is 5.75 Å². The van der Waals surface area contributed by atoms with Crippen molar-refractivity contribution in [2.75, 3.05) is 37.6 Å². The number of amides is 1. The fourth-order valence-electron chi connectivity index (χ4n) is 2.92. The number of aromatic hydroxyl groups is 1. The molecule has 1 aliphatic rings. The summed E-state index contributed by atoms with van der Waals surface area (Å²) in [6.45, 7) is 8.61. The third-order valence-electron chi connectivity index (χ3n) is 4.45. The van der Waals surface area contributed by atoms with Crippen LogP contribution in [0.5, 0.6) is 5.75 Å². The number of hydrogen-bond donors (Lipinski definition) is 3. The summed E-state index contributed by atoms with van der Waals surface area (Å²) in [5.41, 5.74) is 1.14. The predicted molar refractivity (Wildman–Crippen MR) is 88.4 cm³/mol. The van der Waals surface area contributed by atoms with E-state index in [0.29, 0.717) is 18.3 Å². The van der Waals surface area contributed by atoms with Crippen LogP contribution in [0, 0.1) is 0 Å². The molecule has 1 fully saturated rings. The first kappa shape index (κ1) is 16.6. The van der Waals surface area contributed by atoms with E-state index in [1.807, 2.05) is 12.1 Å². The summed E-state index contributed by atoms with van der Waals surface area (Å²) in [5, 5.41) is 12.5. The predicted octanol–water partition coefficient (Wildman–Crippen LogP) is 0.402. The van der Waals surface area contributed by atoms with Crippen molar-refractivity contribution in [2.45, 2.75) is 32.7 Å². The van der Waals surface area contributed by atoms with Crippen LogP contribution in [0.4, 0.5) is 5.69 Å². The highest BCUT2D eigenvalue weighted by Crippen LogP contribution is 2.17. The van der Waals surface area contributed by atoms with Crippen molar-refractivity contribution in [1.82, 2.24) is 5.32 Å². The summed E-state index contributed by atoms with van der Waals surface area (Å²) in [5.74, 6) is 0.466. The number of nitrogens with one attached hydrogen (secondary N) is 2. The number of quaternary nitrogens is 1. The molecule has 0 radical (unpaired) electrons. The summed E-state index contributed by atoms with van der Waals surface area (Å²) in [6.07, 6.45) is 1.98. The van der Waals surface area contributed by atoms with Gasteiger partial charge in [-0.1, -0.05) is 13.8 Å². The summed E-state index contributed by atoms with van der Waals surface area (Å²) in [6, 6.07) is 7.64. The van der Waals surface area contributed by atoms with Crippen molar-refractivity contribution in [3.05, 3.63) is 24.3 Å². The van der Waals surface area contributed by atoms with Gasteiger partial charge in [0, 0.05) is 11.7 Å². The van der Waals surface area contributed by atoms with Crippen molar-refractivity contribution >= 4 is 11.6 Å². The SMILES string of the molecule is CCC(CC)NC(=O)C[NH+]1CCN(c2ccc(O)cc2)CC1. The van der Waals surface area contributed by atoms with Gasteiger partial charge in [0.05, 0.1) is 26.2 Å². The van der Waals surface area contributed by atoms with E-state index in [9.17, 15) is 9.90 Å². The molecule has 2 rings (SSSR count). The van der Waals surface area contributed by atoms with Gasteiger partial charge < -0.3 is 20.2 Å². The molecule has 0 aliphatic carbocycles. The summed E-state index contributed by atoms with van der Waals surface area (Å²) < 4.78 is 0. The van der Waals surface area contributed by atoms with Crippen LogP contribution >= 0.6 is 0 Å². The summed E-state index contributed by atoms with van der Waals surface area (Å²) >= 11 is 0. The van der Waals surface area contributed by atoms with Crippen molar-refractivity contribution < 1.29 is 14.8 Å². The summed E-state index contributed by atoms with van der Waals surface area (Å²) in [7, 11) is 0. The Bertz CT molecular complexity index is 463. The number of phenolic OH excluding ortho intramolecular Hbond substituents is 1. The van der Waals surface area contributed by atoms with Crippen molar-refractivity contribution in [1.29, 1.82) is 0 Å². The van der Waals surface area contributed by atoms with Crippen LogP contribution in [0.15, 0.2) is 24.3 Å². The van der Waals surface area contributed by atoms with Crippen molar-refractivity contribution in [3.63, 3.8) is 0 Å². The van der Waals surface area contributed by atoms with E-state index >= 15 is 0 Å². The average Bonchev–Trinajstić information content (AvgIpc) is 2.54. The highest BCUT2D eigenvalue weighted by Gasteiger charge is 2.22. The number of hydrogen-bond acceptors (Lipinski definition) is 3. The average molecular weight is 306 g/mol. The quantitative estimate of drug-likeness (QED) is 0.713. The Kier molecular flexibility index (Phi) is 6.07. The lowest BCUT2D eigenvalue weighted by atomic mass is 10.2. The Hall–Kier alpha value is -1.75. The van der Waals surface area contributed by atoms with Gasteiger partial charge in [0.2, 0.25) is 0 Å². The zero-order valence-electron chi connectivity index (χ0n) is 13.6. The topological polar surface area (TPSA) is 57.0 Å². The minimum Gasteiger partial charge on any atom is -0.508 e. The number of nitrogens with zero attached hydrogens (tertiary/aromatic N) is 1. The number of benzene rings is 1. The normalized spacial score (nSPS) is 16.0. The monoisotopic (exact) mass is 306 g/mol. The molecule has 0 bridgehead atoms. The maximum Gasteiger partial charge on any atom is 0.275 e. The molecule has 5 heteroatoms. The Morgan fingerprint density at radius 3 is 2.36 bits per heavy atom. The fourth-order valence-corrected chi connectivity index (χ4v) is 2.92. The second-order valence-electron chi connectivity index (χ2n) is 6.01. The van der Waals surface area contributed by atoms with E-state index in [1.54, 1.807) is 12.1 Å². The van der Waals surface area contributed by atoms with Gasteiger partial charge in [-0.25, -0.2) is 0 Å². The number of anilines is 1. The van der Waals surface area contributed by atoms with E-state index < -0.39 is 0 Å². The van der Waals surface area contributed by atoms with E-state index in [0.717, 1.165) is 44.7 Å². The molecule has 1 amide bonds. The lowest BCUT2D eigenvalue weighted by Crippen LogP contribution is -3.16. The van der Waals surface area contributed by atoms with Gasteiger partial charge in [0.25, 0.3) is 5.91 Å². The Labute approximate surface area is 132 Å². The maximum atomic E-state index is 12.1. The van der Waals surface area contributed by atoms with Crippen LogP contribution in [-0.2, 0) is 4.79 Å². The number of rotatable bonds is 6. The molecule has 122 valence electrons. The van der Waals surface area contributed by atoms with Crippen LogP contribution in [0.1, 0.15) is 26.7 Å². The van der Waals surface area contributed by atoms with Gasteiger partial charge >= 0.3 is 0 Å². The molecule has 0 spiro atoms. The molecule has 3 N–H and O–H groups in total. The Balaban J connectivity index is 1.77. The molecular weight excluding hydrogens is 278 g/mol. The lowest BCUT2D eigenvalue weighted by Gasteiger charge is -2.33. The number of carbonyl (C=O) groups excluding carboxylic acids is 1. The molecule has 1 aromatic carbocycles. The Morgan fingerprint density at radius 1 is 1.23 bits per heavy atom. The molecule has 0 unspecified atom stereocenters.